The van der Waals surface area contributed by atoms with Crippen molar-refractivity contribution in [3.8, 4) is 0 Å². The first kappa shape index (κ1) is 14.6. The van der Waals surface area contributed by atoms with Gasteiger partial charge in [0, 0.05) is 12.2 Å². The van der Waals surface area contributed by atoms with Crippen molar-refractivity contribution in [3.05, 3.63) is 12.2 Å². The normalized spacial score (nSPS) is 12.4. The Morgan fingerprint density at radius 2 is 1.81 bits per heavy atom. The number of carbonyl (C=O) groups is 2. The molecule has 0 aliphatic carbocycles. The minimum Gasteiger partial charge on any atom is -0.463 e. The molecule has 92 valence electrons. The molecule has 1 atom stereocenters. The summed E-state index contributed by atoms with van der Waals surface area (Å²) >= 11 is 0. The summed E-state index contributed by atoms with van der Waals surface area (Å²) in [5, 5.41) is 8.83. The average molecular weight is 230 g/mol. The van der Waals surface area contributed by atoms with Crippen LogP contribution in [0.15, 0.2) is 12.2 Å². The minimum atomic E-state index is -0.714. The topological polar surface area (TPSA) is 72.8 Å². The maximum absolute atomic E-state index is 11.0. The molecule has 0 saturated heterocycles. The van der Waals surface area contributed by atoms with Crippen LogP contribution in [0.2, 0.25) is 0 Å². The smallest absolute Gasteiger partial charge is 0.331 e. The maximum Gasteiger partial charge on any atom is 0.331 e. The highest BCUT2D eigenvalue weighted by atomic mass is 16.5. The fourth-order valence-electron chi connectivity index (χ4n) is 0.752. The van der Waals surface area contributed by atoms with Gasteiger partial charge in [-0.05, 0) is 13.3 Å². The summed E-state index contributed by atoms with van der Waals surface area (Å²) in [5.41, 5.74) is 0. The van der Waals surface area contributed by atoms with Crippen molar-refractivity contribution in [1.29, 1.82) is 0 Å². The Labute approximate surface area is 95.0 Å². The van der Waals surface area contributed by atoms with E-state index in [1.54, 1.807) is 0 Å². The number of aliphatic hydroxyl groups excluding tert-OH is 1. The lowest BCUT2D eigenvalue weighted by Crippen LogP contribution is -2.14. The van der Waals surface area contributed by atoms with E-state index in [1.807, 2.05) is 6.92 Å². The molecule has 0 heterocycles. The van der Waals surface area contributed by atoms with E-state index in [9.17, 15) is 9.59 Å². The molecule has 0 aliphatic rings. The largest absolute Gasteiger partial charge is 0.463 e. The van der Waals surface area contributed by atoms with Crippen molar-refractivity contribution in [1.82, 2.24) is 0 Å². The predicted octanol–water partition coefficient (Wildman–Crippen LogP) is 0.810. The summed E-state index contributed by atoms with van der Waals surface area (Å²) in [6.07, 6.45) is 3.02. The molecule has 0 aromatic heterocycles. The number of rotatable bonds is 7. The van der Waals surface area contributed by atoms with E-state index in [-0.39, 0.29) is 6.61 Å². The number of hydrogen-bond acceptors (Lipinski definition) is 5. The third-order valence-electron chi connectivity index (χ3n) is 1.56. The highest BCUT2D eigenvalue weighted by molar-refractivity contribution is 5.91. The number of hydrogen-bond donors (Lipinski definition) is 1. The molecule has 0 rings (SSSR count). The lowest BCUT2D eigenvalue weighted by molar-refractivity contribution is -0.142. The zero-order chi connectivity index (χ0) is 12.4. The molecule has 0 spiro atoms. The first-order valence-electron chi connectivity index (χ1n) is 5.26. The molecule has 5 nitrogen and oxygen atoms in total. The number of esters is 2. The van der Waals surface area contributed by atoms with Crippen molar-refractivity contribution < 1.29 is 24.2 Å². The summed E-state index contributed by atoms with van der Waals surface area (Å²) < 4.78 is 9.37. The molecule has 1 N–H and O–H groups in total. The SMILES string of the molecule is CCCCOC(=O)C=CC(=O)OCC(C)O. The standard InChI is InChI=1S/C11H18O5/c1-3-4-7-15-10(13)5-6-11(14)16-8-9(2)12/h5-6,9,12H,3-4,7-8H2,1-2H3. The van der Waals surface area contributed by atoms with E-state index in [4.69, 9.17) is 9.84 Å². The Balaban J connectivity index is 3.71. The van der Waals surface area contributed by atoms with Crippen LogP contribution in [0.25, 0.3) is 0 Å². The van der Waals surface area contributed by atoms with Crippen molar-refractivity contribution in [2.75, 3.05) is 13.2 Å². The predicted molar refractivity (Wildman–Crippen MR) is 57.6 cm³/mol. The Morgan fingerprint density at radius 3 is 2.31 bits per heavy atom. The van der Waals surface area contributed by atoms with E-state index in [1.165, 1.54) is 6.92 Å². The van der Waals surface area contributed by atoms with Crippen molar-refractivity contribution in [2.45, 2.75) is 32.8 Å². The van der Waals surface area contributed by atoms with Gasteiger partial charge in [-0.25, -0.2) is 9.59 Å². The van der Waals surface area contributed by atoms with Gasteiger partial charge in [-0.3, -0.25) is 0 Å². The Morgan fingerprint density at radius 1 is 1.25 bits per heavy atom. The molecule has 0 saturated carbocycles. The lowest BCUT2D eigenvalue weighted by atomic mass is 10.4. The van der Waals surface area contributed by atoms with Gasteiger partial charge >= 0.3 is 11.9 Å². The quantitative estimate of drug-likeness (QED) is 0.398. The molecule has 0 bridgehead atoms. The molecular formula is C11H18O5. The summed E-state index contributed by atoms with van der Waals surface area (Å²) in [6.45, 7) is 3.74. The third-order valence-corrected chi connectivity index (χ3v) is 1.56. The number of aliphatic hydroxyl groups is 1. The van der Waals surface area contributed by atoms with Gasteiger partial charge in [0.2, 0.25) is 0 Å². The highest BCUT2D eigenvalue weighted by Gasteiger charge is 2.02. The molecule has 16 heavy (non-hydrogen) atoms. The molecule has 0 amide bonds. The monoisotopic (exact) mass is 230 g/mol. The van der Waals surface area contributed by atoms with Gasteiger partial charge in [0.1, 0.15) is 6.61 Å². The van der Waals surface area contributed by atoms with E-state index >= 15 is 0 Å². The van der Waals surface area contributed by atoms with Crippen LogP contribution in [0.5, 0.6) is 0 Å². The van der Waals surface area contributed by atoms with Crippen molar-refractivity contribution >= 4 is 11.9 Å². The summed E-state index contributed by atoms with van der Waals surface area (Å²) in [4.78, 5) is 21.9. The van der Waals surface area contributed by atoms with Crippen LogP contribution in [0.1, 0.15) is 26.7 Å². The Hall–Kier alpha value is -1.36. The first-order valence-corrected chi connectivity index (χ1v) is 5.26. The average Bonchev–Trinajstić information content (AvgIpc) is 2.24. The molecule has 5 heteroatoms. The van der Waals surface area contributed by atoms with Crippen LogP contribution >= 0.6 is 0 Å². The van der Waals surface area contributed by atoms with Gasteiger partial charge in [-0.2, -0.15) is 0 Å². The first-order chi connectivity index (χ1) is 7.56. The number of unbranched alkanes of at least 4 members (excludes halogenated alkanes) is 1. The number of carbonyl (C=O) groups excluding carboxylic acids is 2. The van der Waals surface area contributed by atoms with Crippen molar-refractivity contribution in [3.63, 3.8) is 0 Å². The van der Waals surface area contributed by atoms with Gasteiger partial charge in [0.25, 0.3) is 0 Å². The van der Waals surface area contributed by atoms with Crippen LogP contribution in [-0.2, 0) is 19.1 Å². The second-order valence-electron chi connectivity index (χ2n) is 3.33. The van der Waals surface area contributed by atoms with Gasteiger partial charge in [-0.15, -0.1) is 0 Å². The Bertz CT molecular complexity index is 245. The zero-order valence-electron chi connectivity index (χ0n) is 9.64. The molecule has 0 aromatic carbocycles. The van der Waals surface area contributed by atoms with Crippen LogP contribution in [0, 0.1) is 0 Å². The number of ether oxygens (including phenoxy) is 2. The van der Waals surface area contributed by atoms with Crippen LogP contribution < -0.4 is 0 Å². The molecule has 0 aliphatic heterocycles. The lowest BCUT2D eigenvalue weighted by Gasteiger charge is -2.03. The van der Waals surface area contributed by atoms with Gasteiger partial charge < -0.3 is 14.6 Å². The van der Waals surface area contributed by atoms with E-state index in [0.29, 0.717) is 6.61 Å². The third kappa shape index (κ3) is 9.21. The molecule has 0 aromatic rings. The van der Waals surface area contributed by atoms with E-state index < -0.39 is 18.0 Å². The van der Waals surface area contributed by atoms with E-state index in [2.05, 4.69) is 4.74 Å². The van der Waals surface area contributed by atoms with E-state index in [0.717, 1.165) is 25.0 Å². The maximum atomic E-state index is 11.0. The summed E-state index contributed by atoms with van der Waals surface area (Å²) in [6, 6.07) is 0. The van der Waals surface area contributed by atoms with Crippen molar-refractivity contribution in [2.24, 2.45) is 0 Å². The molecule has 1 unspecified atom stereocenters. The second kappa shape index (κ2) is 8.91. The molecular weight excluding hydrogens is 212 g/mol. The van der Waals surface area contributed by atoms with Crippen LogP contribution in [0.3, 0.4) is 0 Å². The fourth-order valence-corrected chi connectivity index (χ4v) is 0.752. The highest BCUT2D eigenvalue weighted by Crippen LogP contribution is 1.91. The van der Waals surface area contributed by atoms with Gasteiger partial charge in [-0.1, -0.05) is 13.3 Å². The van der Waals surface area contributed by atoms with Gasteiger partial charge in [0.05, 0.1) is 12.7 Å². The van der Waals surface area contributed by atoms with Crippen LogP contribution in [0.4, 0.5) is 0 Å². The summed E-state index contributed by atoms with van der Waals surface area (Å²) in [7, 11) is 0. The fraction of sp³-hybridized carbons (Fsp3) is 0.636. The second-order valence-corrected chi connectivity index (χ2v) is 3.33. The minimum absolute atomic E-state index is 0.0892. The zero-order valence-corrected chi connectivity index (χ0v) is 9.64. The Kier molecular flexibility index (Phi) is 8.15. The van der Waals surface area contributed by atoms with Crippen LogP contribution in [-0.4, -0.2) is 36.4 Å². The molecule has 0 radical (unpaired) electrons. The van der Waals surface area contributed by atoms with Gasteiger partial charge in [0.15, 0.2) is 0 Å². The summed E-state index contributed by atoms with van der Waals surface area (Å²) in [5.74, 6) is -1.24. The molecule has 0 fully saturated rings.